The molecule has 0 spiro atoms. The highest BCUT2D eigenvalue weighted by Crippen LogP contribution is 2.25. The topological polar surface area (TPSA) is 82.8 Å². The number of pyridine rings is 1. The Balaban J connectivity index is 1.55. The van der Waals surface area contributed by atoms with Gasteiger partial charge in [0.1, 0.15) is 11.6 Å². The standard InChI is InChI=1S/C23H33N5/c1-2-3-4-5-6-7-8-9-10-11-23-26-14-15-28(23)18-12-13-21-19(16-18)20(24)17-22(25)27-21/h12-17H,2-11H2,1H3,(H4,24,25,27). The van der Waals surface area contributed by atoms with Crippen molar-refractivity contribution in [3.8, 4) is 5.69 Å². The summed E-state index contributed by atoms with van der Waals surface area (Å²) in [5.41, 5.74) is 14.5. The molecule has 0 bridgehead atoms. The van der Waals surface area contributed by atoms with E-state index in [9.17, 15) is 0 Å². The van der Waals surface area contributed by atoms with E-state index in [0.717, 1.165) is 28.8 Å². The quantitative estimate of drug-likeness (QED) is 0.421. The Hall–Kier alpha value is -2.56. The molecular weight excluding hydrogens is 346 g/mol. The van der Waals surface area contributed by atoms with Gasteiger partial charge in [0.15, 0.2) is 0 Å². The fourth-order valence-electron chi connectivity index (χ4n) is 3.76. The van der Waals surface area contributed by atoms with E-state index >= 15 is 0 Å². The van der Waals surface area contributed by atoms with Gasteiger partial charge in [-0.25, -0.2) is 9.97 Å². The number of unbranched alkanes of at least 4 members (excludes halogenated alkanes) is 8. The average molecular weight is 380 g/mol. The van der Waals surface area contributed by atoms with Crippen LogP contribution >= 0.6 is 0 Å². The van der Waals surface area contributed by atoms with E-state index in [-0.39, 0.29) is 0 Å². The Morgan fingerprint density at radius 1 is 0.893 bits per heavy atom. The van der Waals surface area contributed by atoms with Gasteiger partial charge in [-0.1, -0.05) is 58.3 Å². The monoisotopic (exact) mass is 379 g/mol. The van der Waals surface area contributed by atoms with Gasteiger partial charge in [0, 0.05) is 41.6 Å². The number of aromatic nitrogens is 3. The molecule has 1 aromatic carbocycles. The van der Waals surface area contributed by atoms with E-state index in [4.69, 9.17) is 11.5 Å². The lowest BCUT2D eigenvalue weighted by Gasteiger charge is -2.10. The Morgan fingerprint density at radius 2 is 1.61 bits per heavy atom. The van der Waals surface area contributed by atoms with Crippen molar-refractivity contribution < 1.29 is 0 Å². The molecule has 150 valence electrons. The highest BCUT2D eigenvalue weighted by atomic mass is 15.1. The van der Waals surface area contributed by atoms with Crippen molar-refractivity contribution in [1.82, 2.24) is 14.5 Å². The van der Waals surface area contributed by atoms with Crippen LogP contribution in [0.1, 0.15) is 70.5 Å². The molecule has 28 heavy (non-hydrogen) atoms. The highest BCUT2D eigenvalue weighted by molar-refractivity contribution is 5.93. The highest BCUT2D eigenvalue weighted by Gasteiger charge is 2.08. The number of fused-ring (bicyclic) bond motifs is 1. The van der Waals surface area contributed by atoms with E-state index < -0.39 is 0 Å². The van der Waals surface area contributed by atoms with E-state index in [1.165, 1.54) is 57.8 Å². The zero-order valence-corrected chi connectivity index (χ0v) is 17.0. The number of imidazole rings is 1. The number of hydrogen-bond donors (Lipinski definition) is 2. The number of nitrogens with two attached hydrogens (primary N) is 2. The number of hydrogen-bond acceptors (Lipinski definition) is 4. The molecule has 0 radical (unpaired) electrons. The third-order valence-electron chi connectivity index (χ3n) is 5.34. The SMILES string of the molecule is CCCCCCCCCCCc1nccn1-c1ccc2nc(N)cc(N)c2c1. The number of nitrogen functional groups attached to an aromatic ring is 2. The van der Waals surface area contributed by atoms with Crippen LogP contribution in [0.3, 0.4) is 0 Å². The maximum absolute atomic E-state index is 6.14. The number of rotatable bonds is 11. The maximum atomic E-state index is 6.14. The summed E-state index contributed by atoms with van der Waals surface area (Å²) in [6, 6.07) is 7.80. The molecule has 0 atom stereocenters. The predicted octanol–water partition coefficient (Wildman–Crippen LogP) is 5.66. The summed E-state index contributed by atoms with van der Waals surface area (Å²) in [7, 11) is 0. The van der Waals surface area contributed by atoms with Crippen LogP contribution in [0.15, 0.2) is 36.7 Å². The van der Waals surface area contributed by atoms with Gasteiger partial charge in [0.25, 0.3) is 0 Å². The molecule has 0 unspecified atom stereocenters. The number of nitrogens with zero attached hydrogens (tertiary/aromatic N) is 3. The fourth-order valence-corrected chi connectivity index (χ4v) is 3.76. The first-order chi connectivity index (χ1) is 13.7. The Kier molecular flexibility index (Phi) is 7.29. The molecule has 4 N–H and O–H groups in total. The summed E-state index contributed by atoms with van der Waals surface area (Å²) in [5.74, 6) is 1.55. The Morgan fingerprint density at radius 3 is 2.36 bits per heavy atom. The molecule has 2 aromatic heterocycles. The zero-order chi connectivity index (χ0) is 19.8. The largest absolute Gasteiger partial charge is 0.398 e. The molecule has 0 aliphatic carbocycles. The lowest BCUT2D eigenvalue weighted by molar-refractivity contribution is 0.561. The molecule has 2 heterocycles. The minimum absolute atomic E-state index is 0.450. The smallest absolute Gasteiger partial charge is 0.126 e. The molecular formula is C23H33N5. The van der Waals surface area contributed by atoms with Crippen LogP contribution in [0.25, 0.3) is 16.6 Å². The second-order valence-electron chi connectivity index (χ2n) is 7.63. The van der Waals surface area contributed by atoms with E-state index in [2.05, 4.69) is 33.6 Å². The summed E-state index contributed by atoms with van der Waals surface area (Å²) >= 11 is 0. The molecule has 5 heteroatoms. The summed E-state index contributed by atoms with van der Waals surface area (Å²) < 4.78 is 2.15. The van der Waals surface area contributed by atoms with Gasteiger partial charge in [0.05, 0.1) is 5.52 Å². The van der Waals surface area contributed by atoms with Gasteiger partial charge in [-0.2, -0.15) is 0 Å². The molecule has 0 saturated heterocycles. The number of benzene rings is 1. The third kappa shape index (κ3) is 5.24. The predicted molar refractivity (Wildman–Crippen MR) is 119 cm³/mol. The van der Waals surface area contributed by atoms with Crippen LogP contribution in [0.5, 0.6) is 0 Å². The second-order valence-corrected chi connectivity index (χ2v) is 7.63. The van der Waals surface area contributed by atoms with Crippen LogP contribution in [-0.2, 0) is 6.42 Å². The lowest BCUT2D eigenvalue weighted by Crippen LogP contribution is -2.02. The maximum Gasteiger partial charge on any atom is 0.126 e. The van der Waals surface area contributed by atoms with Crippen molar-refractivity contribution in [2.24, 2.45) is 0 Å². The summed E-state index contributed by atoms with van der Waals surface area (Å²) in [6.07, 6.45) is 16.9. The van der Waals surface area contributed by atoms with Crippen molar-refractivity contribution in [1.29, 1.82) is 0 Å². The van der Waals surface area contributed by atoms with Crippen LogP contribution in [0, 0.1) is 0 Å². The Bertz CT molecular complexity index is 884. The lowest BCUT2D eigenvalue weighted by atomic mass is 10.1. The van der Waals surface area contributed by atoms with Crippen molar-refractivity contribution in [2.75, 3.05) is 11.5 Å². The van der Waals surface area contributed by atoms with Gasteiger partial charge in [0.2, 0.25) is 0 Å². The molecule has 3 aromatic rings. The molecule has 0 amide bonds. The molecule has 3 rings (SSSR count). The van der Waals surface area contributed by atoms with Crippen molar-refractivity contribution in [3.63, 3.8) is 0 Å². The van der Waals surface area contributed by atoms with Gasteiger partial charge < -0.3 is 16.0 Å². The zero-order valence-electron chi connectivity index (χ0n) is 17.0. The molecule has 0 aliphatic rings. The normalized spacial score (nSPS) is 11.3. The van der Waals surface area contributed by atoms with Crippen molar-refractivity contribution >= 4 is 22.4 Å². The van der Waals surface area contributed by atoms with Crippen LogP contribution in [0.2, 0.25) is 0 Å². The van der Waals surface area contributed by atoms with E-state index in [1.54, 1.807) is 6.07 Å². The third-order valence-corrected chi connectivity index (χ3v) is 5.34. The van der Waals surface area contributed by atoms with Gasteiger partial charge >= 0.3 is 0 Å². The van der Waals surface area contributed by atoms with E-state index in [1.807, 2.05) is 18.5 Å². The van der Waals surface area contributed by atoms with E-state index in [0.29, 0.717) is 11.5 Å². The first-order valence-electron chi connectivity index (χ1n) is 10.7. The van der Waals surface area contributed by atoms with Crippen LogP contribution in [0.4, 0.5) is 11.5 Å². The average Bonchev–Trinajstić information content (AvgIpc) is 3.15. The minimum Gasteiger partial charge on any atom is -0.398 e. The van der Waals surface area contributed by atoms with Crippen LogP contribution < -0.4 is 11.5 Å². The summed E-state index contributed by atoms with van der Waals surface area (Å²) in [5, 5.41) is 0.925. The summed E-state index contributed by atoms with van der Waals surface area (Å²) in [6.45, 7) is 2.27. The van der Waals surface area contributed by atoms with Crippen LogP contribution in [-0.4, -0.2) is 14.5 Å². The molecule has 5 nitrogen and oxygen atoms in total. The molecule has 0 aliphatic heterocycles. The second kappa shape index (κ2) is 10.1. The molecule has 0 saturated carbocycles. The fraction of sp³-hybridized carbons (Fsp3) is 0.478. The summed E-state index contributed by atoms with van der Waals surface area (Å²) in [4.78, 5) is 8.93. The van der Waals surface area contributed by atoms with Gasteiger partial charge in [-0.05, 0) is 24.6 Å². The minimum atomic E-state index is 0.450. The molecule has 0 fully saturated rings. The Labute approximate surface area is 168 Å². The number of anilines is 2. The first-order valence-corrected chi connectivity index (χ1v) is 10.7. The first kappa shape index (κ1) is 20.2. The number of aryl methyl sites for hydroxylation is 1. The van der Waals surface area contributed by atoms with Crippen molar-refractivity contribution in [3.05, 3.63) is 42.5 Å². The van der Waals surface area contributed by atoms with Gasteiger partial charge in [-0.3, -0.25) is 0 Å². The van der Waals surface area contributed by atoms with Crippen molar-refractivity contribution in [2.45, 2.75) is 71.1 Å². The van der Waals surface area contributed by atoms with Gasteiger partial charge in [-0.15, -0.1) is 0 Å².